The Morgan fingerprint density at radius 2 is 2.03 bits per heavy atom. The predicted molar refractivity (Wildman–Crippen MR) is 127 cm³/mol. The van der Waals surface area contributed by atoms with Crippen LogP contribution < -0.4 is 11.1 Å². The lowest BCUT2D eigenvalue weighted by atomic mass is 10.2. The molecule has 4 aromatic rings. The third-order valence-electron chi connectivity index (χ3n) is 4.46. The lowest BCUT2D eigenvalue weighted by molar-refractivity contribution is 0.103. The fourth-order valence-electron chi connectivity index (χ4n) is 2.93. The summed E-state index contributed by atoms with van der Waals surface area (Å²) in [6, 6.07) is 15.9. The number of carbonyl (C=O) groups is 1. The largest absolute Gasteiger partial charge is 0.397 e. The highest BCUT2D eigenvalue weighted by Crippen LogP contribution is 2.36. The summed E-state index contributed by atoms with van der Waals surface area (Å²) in [6.45, 7) is 2.18. The van der Waals surface area contributed by atoms with Crippen molar-refractivity contribution >= 4 is 61.9 Å². The molecule has 0 unspecified atom stereocenters. The van der Waals surface area contributed by atoms with Gasteiger partial charge >= 0.3 is 0 Å². The van der Waals surface area contributed by atoms with E-state index in [-0.39, 0.29) is 5.91 Å². The molecule has 1 amide bonds. The van der Waals surface area contributed by atoms with Gasteiger partial charge in [-0.15, -0.1) is 34.4 Å². The third kappa shape index (κ3) is 4.32. The van der Waals surface area contributed by atoms with Crippen LogP contribution >= 0.6 is 34.4 Å². The number of pyridine rings is 1. The lowest BCUT2D eigenvalue weighted by Gasteiger charge is -2.10. The third-order valence-corrected chi connectivity index (χ3v) is 7.63. The minimum absolute atomic E-state index is 0.188. The van der Waals surface area contributed by atoms with Crippen molar-refractivity contribution in [3.05, 3.63) is 58.8 Å². The molecule has 0 radical (unpaired) electrons. The van der Waals surface area contributed by atoms with Gasteiger partial charge in [0.05, 0.1) is 21.9 Å². The number of unbranched alkanes of at least 4 members (excludes halogenated alkanes) is 1. The van der Waals surface area contributed by atoms with Crippen LogP contribution in [0.5, 0.6) is 0 Å². The van der Waals surface area contributed by atoms with Gasteiger partial charge in [-0.2, -0.15) is 0 Å². The Morgan fingerprint density at radius 1 is 1.17 bits per heavy atom. The van der Waals surface area contributed by atoms with E-state index in [9.17, 15) is 4.79 Å². The number of rotatable bonds is 7. The number of amides is 1. The second-order valence-corrected chi connectivity index (χ2v) is 9.61. The Hall–Kier alpha value is -2.35. The smallest absolute Gasteiger partial charge is 0.267 e. The SMILES string of the molecule is CCCCSc1ccccc1NC(=O)c1sc2nc(-c3cccs3)ccc2c1N. The van der Waals surface area contributed by atoms with Crippen molar-refractivity contribution in [2.75, 3.05) is 16.8 Å². The molecular formula is C22H21N3OS3. The van der Waals surface area contributed by atoms with E-state index in [2.05, 4.69) is 12.2 Å². The molecule has 7 heteroatoms. The van der Waals surface area contributed by atoms with Crippen molar-refractivity contribution in [3.63, 3.8) is 0 Å². The summed E-state index contributed by atoms with van der Waals surface area (Å²) in [5.74, 6) is 0.843. The summed E-state index contributed by atoms with van der Waals surface area (Å²) in [6.07, 6.45) is 2.30. The highest BCUT2D eigenvalue weighted by molar-refractivity contribution is 7.99. The molecule has 0 atom stereocenters. The van der Waals surface area contributed by atoms with Crippen LogP contribution in [0.3, 0.4) is 0 Å². The highest BCUT2D eigenvalue weighted by Gasteiger charge is 2.19. The standard InChI is InChI=1S/C22H21N3OS3/c1-2-3-12-27-17-8-5-4-7-15(17)24-21(26)20-19(23)14-10-11-16(25-22(14)29-20)18-9-6-13-28-18/h4-11,13H,2-3,12,23H2,1H3,(H,24,26). The molecule has 0 aliphatic rings. The van der Waals surface area contributed by atoms with E-state index < -0.39 is 0 Å². The number of anilines is 2. The van der Waals surface area contributed by atoms with Gasteiger partial charge in [0.1, 0.15) is 9.71 Å². The normalized spacial score (nSPS) is 11.1. The molecule has 0 saturated heterocycles. The molecule has 0 aliphatic carbocycles. The van der Waals surface area contributed by atoms with Crippen molar-refractivity contribution < 1.29 is 4.79 Å². The molecule has 29 heavy (non-hydrogen) atoms. The van der Waals surface area contributed by atoms with Crippen molar-refractivity contribution in [2.24, 2.45) is 0 Å². The summed E-state index contributed by atoms with van der Waals surface area (Å²) >= 11 is 4.75. The van der Waals surface area contributed by atoms with Crippen LogP contribution in [-0.4, -0.2) is 16.6 Å². The molecule has 0 spiro atoms. The van der Waals surface area contributed by atoms with E-state index in [1.165, 1.54) is 11.3 Å². The van der Waals surface area contributed by atoms with Crippen molar-refractivity contribution in [1.82, 2.24) is 4.98 Å². The van der Waals surface area contributed by atoms with Crippen LogP contribution in [0.15, 0.2) is 58.8 Å². The topological polar surface area (TPSA) is 68.0 Å². The highest BCUT2D eigenvalue weighted by atomic mass is 32.2. The summed E-state index contributed by atoms with van der Waals surface area (Å²) in [5.41, 5.74) is 8.52. The summed E-state index contributed by atoms with van der Waals surface area (Å²) < 4.78 is 0. The van der Waals surface area contributed by atoms with Gasteiger partial charge < -0.3 is 11.1 Å². The van der Waals surface area contributed by atoms with Gasteiger partial charge in [0, 0.05) is 10.3 Å². The van der Waals surface area contributed by atoms with Crippen LogP contribution in [-0.2, 0) is 0 Å². The van der Waals surface area contributed by atoms with Gasteiger partial charge in [-0.05, 0) is 47.9 Å². The number of para-hydroxylation sites is 1. The number of nitrogens with two attached hydrogens (primary N) is 1. The van der Waals surface area contributed by atoms with E-state index in [1.54, 1.807) is 23.1 Å². The maximum atomic E-state index is 13.0. The number of benzene rings is 1. The predicted octanol–water partition coefficient (Wildman–Crippen LogP) is 6.75. The zero-order valence-electron chi connectivity index (χ0n) is 16.0. The zero-order valence-corrected chi connectivity index (χ0v) is 18.4. The Kier molecular flexibility index (Phi) is 6.18. The molecule has 0 bridgehead atoms. The van der Waals surface area contributed by atoms with E-state index in [1.807, 2.05) is 53.9 Å². The number of hydrogen-bond donors (Lipinski definition) is 2. The van der Waals surface area contributed by atoms with Gasteiger partial charge in [-0.1, -0.05) is 31.5 Å². The minimum Gasteiger partial charge on any atom is -0.397 e. The first kappa shape index (κ1) is 19.9. The van der Waals surface area contributed by atoms with E-state index in [0.29, 0.717) is 10.6 Å². The Labute approximate surface area is 182 Å². The first-order valence-electron chi connectivity index (χ1n) is 9.43. The summed E-state index contributed by atoms with van der Waals surface area (Å²) in [4.78, 5) is 21.2. The second-order valence-electron chi connectivity index (χ2n) is 6.52. The number of thioether (sulfide) groups is 1. The molecule has 0 saturated carbocycles. The van der Waals surface area contributed by atoms with Crippen LogP contribution in [0.1, 0.15) is 29.4 Å². The number of hydrogen-bond acceptors (Lipinski definition) is 6. The van der Waals surface area contributed by atoms with E-state index in [4.69, 9.17) is 10.7 Å². The van der Waals surface area contributed by atoms with Crippen LogP contribution in [0.2, 0.25) is 0 Å². The average Bonchev–Trinajstić information content (AvgIpc) is 3.38. The summed E-state index contributed by atoms with van der Waals surface area (Å²) in [7, 11) is 0. The van der Waals surface area contributed by atoms with Gasteiger partial charge in [-0.25, -0.2) is 4.98 Å². The molecular weight excluding hydrogens is 418 g/mol. The number of thiophene rings is 2. The van der Waals surface area contributed by atoms with Gasteiger partial charge in [0.2, 0.25) is 0 Å². The van der Waals surface area contributed by atoms with Crippen LogP contribution in [0.25, 0.3) is 20.8 Å². The fraction of sp³-hybridized carbons (Fsp3) is 0.182. The number of aromatic nitrogens is 1. The number of fused-ring (bicyclic) bond motifs is 1. The second kappa shape index (κ2) is 8.98. The van der Waals surface area contributed by atoms with Crippen molar-refractivity contribution in [1.29, 1.82) is 0 Å². The molecule has 0 aliphatic heterocycles. The average molecular weight is 440 g/mol. The first-order valence-corrected chi connectivity index (χ1v) is 12.1. The molecule has 0 fully saturated rings. The van der Waals surface area contributed by atoms with Crippen LogP contribution in [0.4, 0.5) is 11.4 Å². The number of carbonyl (C=O) groups excluding carboxylic acids is 1. The molecule has 3 aromatic heterocycles. The van der Waals surface area contributed by atoms with E-state index in [0.717, 1.165) is 50.0 Å². The monoisotopic (exact) mass is 439 g/mol. The van der Waals surface area contributed by atoms with Gasteiger partial charge in [-0.3, -0.25) is 4.79 Å². The summed E-state index contributed by atoms with van der Waals surface area (Å²) in [5, 5.41) is 5.89. The Bertz CT molecular complexity index is 1140. The van der Waals surface area contributed by atoms with E-state index >= 15 is 0 Å². The van der Waals surface area contributed by atoms with Gasteiger partial charge in [0.15, 0.2) is 0 Å². The van der Waals surface area contributed by atoms with Crippen molar-refractivity contribution in [2.45, 2.75) is 24.7 Å². The maximum absolute atomic E-state index is 13.0. The molecule has 4 rings (SSSR count). The van der Waals surface area contributed by atoms with Gasteiger partial charge in [0.25, 0.3) is 5.91 Å². The molecule has 4 nitrogen and oxygen atoms in total. The number of nitrogen functional groups attached to an aromatic ring is 1. The Morgan fingerprint density at radius 3 is 2.83 bits per heavy atom. The lowest BCUT2D eigenvalue weighted by Crippen LogP contribution is -2.12. The number of nitrogens with one attached hydrogen (secondary N) is 1. The minimum atomic E-state index is -0.188. The number of nitrogens with zero attached hydrogens (tertiary/aromatic N) is 1. The van der Waals surface area contributed by atoms with Crippen molar-refractivity contribution in [3.8, 4) is 10.6 Å². The molecule has 3 heterocycles. The quantitative estimate of drug-likeness (QED) is 0.247. The zero-order chi connectivity index (χ0) is 20.2. The fourth-order valence-corrected chi connectivity index (χ4v) is 5.72. The first-order chi connectivity index (χ1) is 14.2. The Balaban J connectivity index is 1.60. The molecule has 1 aromatic carbocycles. The van der Waals surface area contributed by atoms with Crippen LogP contribution in [0, 0.1) is 0 Å². The molecule has 148 valence electrons. The maximum Gasteiger partial charge on any atom is 0.267 e. The molecule has 3 N–H and O–H groups in total.